The van der Waals surface area contributed by atoms with Crippen LogP contribution in [0, 0.1) is 11.8 Å². The lowest BCUT2D eigenvalue weighted by molar-refractivity contribution is -0.301. The molecule has 0 amide bonds. The van der Waals surface area contributed by atoms with Gasteiger partial charge in [-0.05, 0) is 19.4 Å². The van der Waals surface area contributed by atoms with E-state index in [0.717, 1.165) is 5.57 Å². The highest BCUT2D eigenvalue weighted by molar-refractivity contribution is 5.95. The van der Waals surface area contributed by atoms with Gasteiger partial charge in [0.15, 0.2) is 12.1 Å². The first kappa shape index (κ1) is 18.5. The summed E-state index contributed by atoms with van der Waals surface area (Å²) in [6.07, 6.45) is -4.78. The second-order valence-corrected chi connectivity index (χ2v) is 6.04. The molecule has 0 aromatic heterocycles. The number of allylic oxidation sites excluding steroid dienone is 1. The van der Waals surface area contributed by atoms with Gasteiger partial charge in [-0.2, -0.15) is 0 Å². The first-order chi connectivity index (χ1) is 10.9. The van der Waals surface area contributed by atoms with Crippen LogP contribution in [0.3, 0.4) is 0 Å². The molecule has 0 unspecified atom stereocenters. The third kappa shape index (κ3) is 3.80. The zero-order valence-electron chi connectivity index (χ0n) is 12.9. The Hall–Kier alpha value is -0.870. The molecule has 0 aromatic rings. The van der Waals surface area contributed by atoms with E-state index >= 15 is 0 Å². The summed E-state index contributed by atoms with van der Waals surface area (Å²) in [5.74, 6) is -0.690. The predicted octanol–water partition coefficient (Wildman–Crippen LogP) is -2.05. The molecule has 0 saturated carbocycles. The van der Waals surface area contributed by atoms with Gasteiger partial charge in [-0.1, -0.05) is 5.57 Å². The number of ketones is 1. The lowest BCUT2D eigenvalue weighted by Crippen LogP contribution is -2.59. The highest BCUT2D eigenvalue weighted by Crippen LogP contribution is 2.31. The Kier molecular flexibility index (Phi) is 6.26. The number of hydrogen-bond acceptors (Lipinski definition) is 8. The summed E-state index contributed by atoms with van der Waals surface area (Å²) in [5, 5.41) is 47.6. The molecule has 1 heterocycles. The molecule has 8 nitrogen and oxygen atoms in total. The highest BCUT2D eigenvalue weighted by atomic mass is 16.7. The second-order valence-electron chi connectivity index (χ2n) is 6.04. The molecule has 5 N–H and O–H groups in total. The van der Waals surface area contributed by atoms with Crippen LogP contribution in [0.15, 0.2) is 11.6 Å². The van der Waals surface area contributed by atoms with Crippen molar-refractivity contribution < 1.29 is 39.8 Å². The van der Waals surface area contributed by atoms with E-state index in [9.17, 15) is 25.2 Å². The van der Waals surface area contributed by atoms with E-state index in [4.69, 9.17) is 14.6 Å². The molecular weight excluding hydrogens is 308 g/mol. The minimum Gasteiger partial charge on any atom is -0.396 e. The van der Waals surface area contributed by atoms with Crippen LogP contribution in [-0.2, 0) is 14.3 Å². The molecular formula is C15H24O8. The van der Waals surface area contributed by atoms with Crippen LogP contribution in [0.5, 0.6) is 0 Å². The van der Waals surface area contributed by atoms with Gasteiger partial charge in [0.25, 0.3) is 0 Å². The molecule has 1 saturated heterocycles. The first-order valence-corrected chi connectivity index (χ1v) is 7.65. The maximum absolute atomic E-state index is 11.9. The quantitative estimate of drug-likeness (QED) is 0.375. The molecule has 2 aliphatic rings. The number of hydrogen-bond donors (Lipinski definition) is 5. The maximum atomic E-state index is 11.9. The SMILES string of the molecule is CC1=CC(=O)[C@H](CCO[C@@H]2O[C@H](CO)[C@@H](O)[C@H](O)[C@H]2O)[C@@H]1CO. The number of carbonyl (C=O) groups excluding carboxylic acids is 1. The van der Waals surface area contributed by atoms with E-state index in [1.165, 1.54) is 6.08 Å². The molecule has 0 spiro atoms. The highest BCUT2D eigenvalue weighted by Gasteiger charge is 2.44. The fourth-order valence-electron chi connectivity index (χ4n) is 3.09. The normalized spacial score (nSPS) is 41.2. The Morgan fingerprint density at radius 1 is 1.09 bits per heavy atom. The molecule has 23 heavy (non-hydrogen) atoms. The van der Waals surface area contributed by atoms with Gasteiger partial charge in [0.05, 0.1) is 19.8 Å². The molecule has 0 bridgehead atoms. The number of aliphatic hydroxyl groups is 5. The number of rotatable bonds is 6. The Morgan fingerprint density at radius 3 is 2.39 bits per heavy atom. The third-order valence-corrected chi connectivity index (χ3v) is 4.56. The molecule has 1 fully saturated rings. The van der Waals surface area contributed by atoms with Crippen LogP contribution in [0.4, 0.5) is 0 Å². The van der Waals surface area contributed by atoms with Gasteiger partial charge in [0.2, 0.25) is 0 Å². The summed E-state index contributed by atoms with van der Waals surface area (Å²) in [6.45, 7) is 1.20. The Labute approximate surface area is 134 Å². The standard InChI is InChI=1S/C15H24O8/c1-7-4-10(18)8(9(7)5-16)2-3-22-15-14(21)13(20)12(19)11(6-17)23-15/h4,8-9,11-17,19-21H,2-3,5-6H2,1H3/t8-,9-,11-,12-,13+,14-,15-/m1/s1. The van der Waals surface area contributed by atoms with Crippen molar-refractivity contribution in [2.45, 2.75) is 44.1 Å². The lowest BCUT2D eigenvalue weighted by Gasteiger charge is -2.39. The Bertz CT molecular complexity index is 449. The van der Waals surface area contributed by atoms with E-state index in [0.29, 0.717) is 6.42 Å². The van der Waals surface area contributed by atoms with Crippen LogP contribution < -0.4 is 0 Å². The van der Waals surface area contributed by atoms with Crippen molar-refractivity contribution in [1.82, 2.24) is 0 Å². The second kappa shape index (κ2) is 7.80. The lowest BCUT2D eigenvalue weighted by atomic mass is 9.89. The zero-order chi connectivity index (χ0) is 17.1. The van der Waals surface area contributed by atoms with Gasteiger partial charge < -0.3 is 35.0 Å². The van der Waals surface area contributed by atoms with Gasteiger partial charge in [0, 0.05) is 11.8 Å². The number of carbonyl (C=O) groups is 1. The maximum Gasteiger partial charge on any atom is 0.186 e. The Balaban J connectivity index is 1.87. The molecule has 7 atom stereocenters. The van der Waals surface area contributed by atoms with E-state index < -0.39 is 37.3 Å². The largest absolute Gasteiger partial charge is 0.396 e. The van der Waals surface area contributed by atoms with E-state index in [-0.39, 0.29) is 30.8 Å². The van der Waals surface area contributed by atoms with E-state index in [1.807, 2.05) is 0 Å². The summed E-state index contributed by atoms with van der Waals surface area (Å²) in [4.78, 5) is 11.9. The van der Waals surface area contributed by atoms with Crippen LogP contribution in [0.2, 0.25) is 0 Å². The molecule has 1 aliphatic heterocycles. The van der Waals surface area contributed by atoms with Crippen molar-refractivity contribution in [3.8, 4) is 0 Å². The van der Waals surface area contributed by atoms with E-state index in [2.05, 4.69) is 0 Å². The van der Waals surface area contributed by atoms with Crippen LogP contribution in [-0.4, -0.2) is 81.8 Å². The summed E-state index contributed by atoms with van der Waals surface area (Å²) in [6, 6.07) is 0. The molecule has 8 heteroatoms. The Morgan fingerprint density at radius 2 is 1.78 bits per heavy atom. The average Bonchev–Trinajstić information content (AvgIpc) is 2.80. The van der Waals surface area contributed by atoms with Gasteiger partial charge in [-0.3, -0.25) is 4.79 Å². The summed E-state index contributed by atoms with van der Waals surface area (Å²) in [5.41, 5.74) is 0.829. The molecule has 2 rings (SSSR count). The van der Waals surface area contributed by atoms with Crippen molar-refractivity contribution >= 4 is 5.78 Å². The van der Waals surface area contributed by atoms with Crippen LogP contribution in [0.25, 0.3) is 0 Å². The van der Waals surface area contributed by atoms with Crippen molar-refractivity contribution in [2.24, 2.45) is 11.8 Å². The molecule has 0 aromatic carbocycles. The van der Waals surface area contributed by atoms with Crippen LogP contribution in [0.1, 0.15) is 13.3 Å². The van der Waals surface area contributed by atoms with Gasteiger partial charge in [-0.25, -0.2) is 0 Å². The number of ether oxygens (including phenoxy) is 2. The average molecular weight is 332 g/mol. The topological polar surface area (TPSA) is 137 Å². The fraction of sp³-hybridized carbons (Fsp3) is 0.800. The summed E-state index contributed by atoms with van der Waals surface area (Å²) < 4.78 is 10.6. The molecule has 0 radical (unpaired) electrons. The van der Waals surface area contributed by atoms with Gasteiger partial charge >= 0.3 is 0 Å². The van der Waals surface area contributed by atoms with Gasteiger partial charge in [0.1, 0.15) is 24.4 Å². The van der Waals surface area contributed by atoms with Crippen molar-refractivity contribution in [3.63, 3.8) is 0 Å². The minimum absolute atomic E-state index is 0.0662. The van der Waals surface area contributed by atoms with Crippen molar-refractivity contribution in [3.05, 3.63) is 11.6 Å². The minimum atomic E-state index is -1.49. The monoisotopic (exact) mass is 332 g/mol. The smallest absolute Gasteiger partial charge is 0.186 e. The first-order valence-electron chi connectivity index (χ1n) is 7.65. The predicted molar refractivity (Wildman–Crippen MR) is 77.2 cm³/mol. The fourth-order valence-corrected chi connectivity index (χ4v) is 3.09. The van der Waals surface area contributed by atoms with E-state index in [1.54, 1.807) is 6.92 Å². The third-order valence-electron chi connectivity index (χ3n) is 4.56. The van der Waals surface area contributed by atoms with Crippen LogP contribution >= 0.6 is 0 Å². The molecule has 1 aliphatic carbocycles. The molecule has 132 valence electrons. The zero-order valence-corrected chi connectivity index (χ0v) is 12.9. The van der Waals surface area contributed by atoms with Gasteiger partial charge in [-0.15, -0.1) is 0 Å². The van der Waals surface area contributed by atoms with Crippen molar-refractivity contribution in [1.29, 1.82) is 0 Å². The summed E-state index contributed by atoms with van der Waals surface area (Å²) >= 11 is 0. The summed E-state index contributed by atoms with van der Waals surface area (Å²) in [7, 11) is 0. The van der Waals surface area contributed by atoms with Crippen molar-refractivity contribution in [2.75, 3.05) is 19.8 Å². The number of aliphatic hydroxyl groups excluding tert-OH is 5.